The molecule has 37 heavy (non-hydrogen) atoms. The van der Waals surface area contributed by atoms with Gasteiger partial charge in [0.1, 0.15) is 11.5 Å². The van der Waals surface area contributed by atoms with Crippen LogP contribution in [-0.4, -0.2) is 40.0 Å². The molecule has 1 atom stereocenters. The van der Waals surface area contributed by atoms with E-state index in [1.807, 2.05) is 68.1 Å². The van der Waals surface area contributed by atoms with Gasteiger partial charge in [0.25, 0.3) is 0 Å². The first-order valence-corrected chi connectivity index (χ1v) is 12.4. The molecular weight excluding hydrogens is 470 g/mol. The highest BCUT2D eigenvalue weighted by Gasteiger charge is 2.33. The molecule has 0 aliphatic heterocycles. The van der Waals surface area contributed by atoms with E-state index in [4.69, 9.17) is 24.6 Å². The second-order valence-electron chi connectivity index (χ2n) is 9.76. The average Bonchev–Trinajstić information content (AvgIpc) is 3.21. The number of esters is 1. The van der Waals surface area contributed by atoms with Gasteiger partial charge in [-0.25, -0.2) is 9.78 Å². The minimum Gasteiger partial charge on any atom is -0.476 e. The maximum absolute atomic E-state index is 12.3. The third-order valence-electron chi connectivity index (χ3n) is 6.26. The number of nitrogens with zero attached hydrogens (tertiary/aromatic N) is 2. The molecule has 8 heteroatoms. The van der Waals surface area contributed by atoms with Crippen molar-refractivity contribution in [3.05, 3.63) is 70.6 Å². The topological polar surface area (TPSA) is 108 Å². The Kier molecular flexibility index (Phi) is 8.76. The first kappa shape index (κ1) is 27.9. The number of rotatable bonds is 11. The molecule has 0 aliphatic carbocycles. The van der Waals surface area contributed by atoms with E-state index >= 15 is 0 Å². The highest BCUT2D eigenvalue weighted by Crippen LogP contribution is 2.30. The van der Waals surface area contributed by atoms with Gasteiger partial charge in [0.05, 0.1) is 18.3 Å². The Morgan fingerprint density at radius 3 is 2.27 bits per heavy atom. The number of hydrogen-bond acceptors (Lipinski definition) is 7. The van der Waals surface area contributed by atoms with Gasteiger partial charge >= 0.3 is 5.97 Å². The minimum atomic E-state index is -1.12. The van der Waals surface area contributed by atoms with E-state index in [1.165, 1.54) is 0 Å². The molecule has 0 spiro atoms. The summed E-state index contributed by atoms with van der Waals surface area (Å²) in [5, 5.41) is 0. The Morgan fingerprint density at radius 1 is 1.08 bits per heavy atom. The van der Waals surface area contributed by atoms with Crippen LogP contribution in [0.3, 0.4) is 0 Å². The average molecular weight is 508 g/mol. The van der Waals surface area contributed by atoms with Crippen LogP contribution in [0.15, 0.2) is 46.9 Å². The molecule has 198 valence electrons. The number of carbonyl (C=O) groups is 2. The number of oxazole rings is 1. The van der Waals surface area contributed by atoms with E-state index in [2.05, 4.69) is 0 Å². The summed E-state index contributed by atoms with van der Waals surface area (Å²) < 4.78 is 17.2. The fourth-order valence-electron chi connectivity index (χ4n) is 4.11. The van der Waals surface area contributed by atoms with Crippen molar-refractivity contribution in [3.63, 3.8) is 0 Å². The normalized spacial score (nSPS) is 12.4. The van der Waals surface area contributed by atoms with Gasteiger partial charge in [-0.3, -0.25) is 9.69 Å². The molecule has 1 unspecified atom stereocenters. The second kappa shape index (κ2) is 11.6. The molecule has 1 aromatic heterocycles. The lowest BCUT2D eigenvalue weighted by Crippen LogP contribution is -2.42. The lowest BCUT2D eigenvalue weighted by molar-refractivity contribution is -0.158. The quantitative estimate of drug-likeness (QED) is 0.369. The summed E-state index contributed by atoms with van der Waals surface area (Å²) in [7, 11) is 0. The van der Waals surface area contributed by atoms with Crippen molar-refractivity contribution < 1.29 is 23.5 Å². The number of hydrogen-bond donors (Lipinski definition) is 1. The molecule has 3 rings (SSSR count). The van der Waals surface area contributed by atoms with E-state index in [9.17, 15) is 9.59 Å². The van der Waals surface area contributed by atoms with Crippen molar-refractivity contribution in [2.24, 2.45) is 5.73 Å². The molecule has 3 aromatic rings. The number of benzene rings is 2. The van der Waals surface area contributed by atoms with E-state index in [-0.39, 0.29) is 6.61 Å². The standard InChI is InChI=1S/C29H37N3O5/c1-8-35-28(34)29(6,7)37-25-18(2)14-22(15-19(25)3)16-32(20(4)26(30)33)17-24-21(5)36-27(31-24)23-12-10-9-11-13-23/h9-15,20H,8,16-17H2,1-7H3,(H2,30,33). The van der Waals surface area contributed by atoms with Gasteiger partial charge in [0, 0.05) is 18.7 Å². The van der Waals surface area contributed by atoms with Gasteiger partial charge in [-0.1, -0.05) is 30.3 Å². The van der Waals surface area contributed by atoms with Crippen molar-refractivity contribution in [1.82, 2.24) is 9.88 Å². The van der Waals surface area contributed by atoms with Crippen molar-refractivity contribution in [2.45, 2.75) is 73.2 Å². The van der Waals surface area contributed by atoms with Gasteiger partial charge in [-0.05, 0) is 77.3 Å². The Bertz CT molecular complexity index is 1230. The summed E-state index contributed by atoms with van der Waals surface area (Å²) >= 11 is 0. The Balaban J connectivity index is 1.86. The molecule has 0 saturated heterocycles. The van der Waals surface area contributed by atoms with Crippen LogP contribution < -0.4 is 10.5 Å². The van der Waals surface area contributed by atoms with Crippen LogP contribution in [0.4, 0.5) is 0 Å². The van der Waals surface area contributed by atoms with E-state index in [1.54, 1.807) is 27.7 Å². The van der Waals surface area contributed by atoms with Crippen LogP contribution in [0.5, 0.6) is 5.75 Å². The van der Waals surface area contributed by atoms with Gasteiger partial charge < -0.3 is 19.6 Å². The van der Waals surface area contributed by atoms with Gasteiger partial charge in [0.15, 0.2) is 5.60 Å². The first-order valence-electron chi connectivity index (χ1n) is 12.4. The first-order chi connectivity index (χ1) is 17.4. The van der Waals surface area contributed by atoms with Crippen LogP contribution in [-0.2, 0) is 27.4 Å². The third-order valence-corrected chi connectivity index (χ3v) is 6.26. The smallest absolute Gasteiger partial charge is 0.349 e. The summed E-state index contributed by atoms with van der Waals surface area (Å²) in [6, 6.07) is 13.1. The summed E-state index contributed by atoms with van der Waals surface area (Å²) in [6.07, 6.45) is 0. The molecule has 0 radical (unpaired) electrons. The second-order valence-corrected chi connectivity index (χ2v) is 9.76. The molecule has 2 N–H and O–H groups in total. The van der Waals surface area contributed by atoms with Gasteiger partial charge in [-0.15, -0.1) is 0 Å². The van der Waals surface area contributed by atoms with Crippen LogP contribution in [0.1, 0.15) is 55.8 Å². The largest absolute Gasteiger partial charge is 0.476 e. The maximum atomic E-state index is 12.3. The number of primary amides is 1. The van der Waals surface area contributed by atoms with Crippen molar-refractivity contribution >= 4 is 11.9 Å². The number of nitrogens with two attached hydrogens (primary N) is 1. The summed E-state index contributed by atoms with van der Waals surface area (Å²) in [5.74, 6) is 1.03. The van der Waals surface area contributed by atoms with Crippen LogP contribution >= 0.6 is 0 Å². The monoisotopic (exact) mass is 507 g/mol. The SMILES string of the molecule is CCOC(=O)C(C)(C)Oc1c(C)cc(CN(Cc2nc(-c3ccccc3)oc2C)C(C)C(N)=O)cc1C. The lowest BCUT2D eigenvalue weighted by atomic mass is 10.0. The predicted molar refractivity (Wildman–Crippen MR) is 142 cm³/mol. The number of aromatic nitrogens is 1. The summed E-state index contributed by atoms with van der Waals surface area (Å²) in [5.41, 5.74) is 8.94. The van der Waals surface area contributed by atoms with Crippen molar-refractivity contribution in [1.29, 1.82) is 0 Å². The molecule has 0 fully saturated rings. The number of ether oxygens (including phenoxy) is 2. The fraction of sp³-hybridized carbons (Fsp3) is 0.414. The highest BCUT2D eigenvalue weighted by atomic mass is 16.6. The van der Waals surface area contributed by atoms with Gasteiger partial charge in [0.2, 0.25) is 11.8 Å². The molecule has 0 aliphatic rings. The molecule has 1 heterocycles. The number of amides is 1. The van der Waals surface area contributed by atoms with Gasteiger partial charge in [-0.2, -0.15) is 0 Å². The lowest BCUT2D eigenvalue weighted by Gasteiger charge is -2.28. The molecule has 2 aromatic carbocycles. The van der Waals surface area contributed by atoms with Crippen molar-refractivity contribution in [2.75, 3.05) is 6.61 Å². The molecule has 0 saturated carbocycles. The molecule has 1 amide bonds. The van der Waals surface area contributed by atoms with Crippen molar-refractivity contribution in [3.8, 4) is 17.2 Å². The van der Waals surface area contributed by atoms with Crippen LogP contribution in [0.25, 0.3) is 11.5 Å². The fourth-order valence-corrected chi connectivity index (χ4v) is 4.11. The summed E-state index contributed by atoms with van der Waals surface area (Å²) in [6.45, 7) is 13.8. The van der Waals surface area contributed by atoms with E-state index in [0.717, 1.165) is 27.9 Å². The van der Waals surface area contributed by atoms with Crippen LogP contribution in [0.2, 0.25) is 0 Å². The summed E-state index contributed by atoms with van der Waals surface area (Å²) in [4.78, 5) is 31.2. The minimum absolute atomic E-state index is 0.286. The Hall–Kier alpha value is -3.65. The number of aryl methyl sites for hydroxylation is 3. The molecule has 8 nitrogen and oxygen atoms in total. The highest BCUT2D eigenvalue weighted by molar-refractivity contribution is 5.79. The Morgan fingerprint density at radius 2 is 1.70 bits per heavy atom. The maximum Gasteiger partial charge on any atom is 0.349 e. The van der Waals surface area contributed by atoms with E-state index in [0.29, 0.717) is 30.5 Å². The molecule has 0 bridgehead atoms. The van der Waals surface area contributed by atoms with E-state index < -0.39 is 23.5 Å². The zero-order valence-corrected chi connectivity index (χ0v) is 22.8. The zero-order valence-electron chi connectivity index (χ0n) is 22.8. The predicted octanol–water partition coefficient (Wildman–Crippen LogP) is 4.86. The zero-order chi connectivity index (χ0) is 27.3. The third kappa shape index (κ3) is 6.77. The Labute approximate surface area is 218 Å². The molecular formula is C29H37N3O5. The van der Waals surface area contributed by atoms with Crippen LogP contribution in [0, 0.1) is 20.8 Å². The number of carbonyl (C=O) groups excluding carboxylic acids is 2.